The summed E-state index contributed by atoms with van der Waals surface area (Å²) < 4.78 is 40.3. The molecule has 16 heteroatoms. The molecule has 0 radical (unpaired) electrons. The molecular formula is C32H36N3O10PS2. The van der Waals surface area contributed by atoms with Gasteiger partial charge in [-0.05, 0) is 67.9 Å². The highest BCUT2D eigenvalue weighted by Gasteiger charge is 2.44. The van der Waals surface area contributed by atoms with Gasteiger partial charge >= 0.3 is 13.8 Å². The van der Waals surface area contributed by atoms with Gasteiger partial charge in [0.05, 0.1) is 21.6 Å². The summed E-state index contributed by atoms with van der Waals surface area (Å²) in [5, 5.41) is 9.53. The predicted molar refractivity (Wildman–Crippen MR) is 179 cm³/mol. The number of hydrogen-bond donors (Lipinski definition) is 4. The second kappa shape index (κ2) is 16.1. The van der Waals surface area contributed by atoms with Crippen LogP contribution in [0.15, 0.2) is 42.5 Å². The number of sulfone groups is 1. The number of likely N-dealkylation sites (tertiary alicyclic amines) is 1. The van der Waals surface area contributed by atoms with Gasteiger partial charge in [-0.1, -0.05) is 30.0 Å². The van der Waals surface area contributed by atoms with Gasteiger partial charge in [0, 0.05) is 50.4 Å². The average molecular weight is 718 g/mol. The molecule has 1 saturated heterocycles. The Morgan fingerprint density at radius 3 is 2.62 bits per heavy atom. The standard InChI is InChI=1S/C32H36N3O10PS2/c1-32(48(2,42)43,31(38)34-44-30(37)15-13-25-10-5-6-11-27(25)45-46(39,40)41)17-16-29-33-26-20-23(12-14-28(26)47-29)8-3-4-9-24-21-35(22-24)18-7-19-36/h5-6,10-12,14,20,24,36H,7,13,15-19,21-22H2,1-2H3,(H,34,38)(H2,39,40,41). The summed E-state index contributed by atoms with van der Waals surface area (Å²) in [6.07, 6.45) is 1.38. The van der Waals surface area contributed by atoms with E-state index in [1.807, 2.05) is 23.7 Å². The molecule has 1 aliphatic heterocycles. The van der Waals surface area contributed by atoms with Gasteiger partial charge in [0.15, 0.2) is 14.6 Å². The number of phosphoric ester groups is 1. The number of fused-ring (bicyclic) bond motifs is 1. The lowest BCUT2D eigenvalue weighted by Gasteiger charge is -2.36. The lowest BCUT2D eigenvalue weighted by atomic mass is 10.0. The minimum atomic E-state index is -4.82. The number of aryl methyl sites for hydroxylation is 2. The van der Waals surface area contributed by atoms with Crippen molar-refractivity contribution in [3.8, 4) is 29.4 Å². The zero-order valence-corrected chi connectivity index (χ0v) is 28.9. The summed E-state index contributed by atoms with van der Waals surface area (Å²) >= 11 is 1.37. The maximum absolute atomic E-state index is 13.1. The first-order valence-electron chi connectivity index (χ1n) is 14.9. The predicted octanol–water partition coefficient (Wildman–Crippen LogP) is 2.38. The van der Waals surface area contributed by atoms with E-state index in [-0.39, 0.29) is 44.0 Å². The number of carbonyl (C=O) groups excluding carboxylic acids is 2. The van der Waals surface area contributed by atoms with Gasteiger partial charge in [-0.15, -0.1) is 11.3 Å². The van der Waals surface area contributed by atoms with Gasteiger partial charge in [0.25, 0.3) is 5.91 Å². The Morgan fingerprint density at radius 1 is 1.17 bits per heavy atom. The summed E-state index contributed by atoms with van der Waals surface area (Å²) in [4.78, 5) is 55.3. The van der Waals surface area contributed by atoms with Crippen LogP contribution >= 0.6 is 19.2 Å². The van der Waals surface area contributed by atoms with E-state index in [0.717, 1.165) is 42.6 Å². The number of carbonyl (C=O) groups is 2. The number of benzene rings is 2. The van der Waals surface area contributed by atoms with Crippen LogP contribution in [0.25, 0.3) is 10.2 Å². The van der Waals surface area contributed by atoms with Crippen LogP contribution in [0.2, 0.25) is 0 Å². The van der Waals surface area contributed by atoms with Crippen molar-refractivity contribution in [2.45, 2.75) is 43.8 Å². The number of thiazole rings is 1. The monoisotopic (exact) mass is 717 g/mol. The molecule has 0 bridgehead atoms. The van der Waals surface area contributed by atoms with Crippen LogP contribution in [0.4, 0.5) is 0 Å². The fourth-order valence-corrected chi connectivity index (χ4v) is 7.01. The third kappa shape index (κ3) is 10.4. The van der Waals surface area contributed by atoms with E-state index in [9.17, 15) is 22.6 Å². The smallest absolute Gasteiger partial charge is 0.404 e. The molecule has 1 atom stereocenters. The van der Waals surface area contributed by atoms with Crippen LogP contribution in [-0.4, -0.2) is 82.3 Å². The van der Waals surface area contributed by atoms with Gasteiger partial charge in [-0.3, -0.25) is 14.6 Å². The van der Waals surface area contributed by atoms with Gasteiger partial charge in [0.2, 0.25) is 0 Å². The largest absolute Gasteiger partial charge is 0.524 e. The maximum Gasteiger partial charge on any atom is 0.524 e. The van der Waals surface area contributed by atoms with Crippen molar-refractivity contribution in [3.63, 3.8) is 0 Å². The highest BCUT2D eigenvalue weighted by atomic mass is 32.2. The summed E-state index contributed by atoms with van der Waals surface area (Å²) in [7, 11) is -8.81. The molecular weight excluding hydrogens is 681 g/mol. The molecule has 2 heterocycles. The Bertz CT molecular complexity index is 1930. The van der Waals surface area contributed by atoms with E-state index in [0.29, 0.717) is 16.1 Å². The second-order valence-corrected chi connectivity index (χ2v) is 16.2. The number of hydroxylamine groups is 1. The Labute approximate surface area is 282 Å². The van der Waals surface area contributed by atoms with E-state index >= 15 is 0 Å². The van der Waals surface area contributed by atoms with Gasteiger partial charge in [-0.2, -0.15) is 5.48 Å². The van der Waals surface area contributed by atoms with Crippen molar-refractivity contribution in [2.24, 2.45) is 5.92 Å². The Morgan fingerprint density at radius 2 is 1.92 bits per heavy atom. The van der Waals surface area contributed by atoms with E-state index in [4.69, 9.17) is 19.7 Å². The van der Waals surface area contributed by atoms with Crippen LogP contribution in [-0.2, 0) is 41.7 Å². The van der Waals surface area contributed by atoms with Crippen molar-refractivity contribution < 1.29 is 46.8 Å². The number of nitrogens with zero attached hydrogens (tertiary/aromatic N) is 2. The molecule has 1 fully saturated rings. The quantitative estimate of drug-likeness (QED) is 0.115. The summed E-state index contributed by atoms with van der Waals surface area (Å²) in [5.41, 5.74) is 3.69. The Kier molecular flexibility index (Phi) is 12.4. The summed E-state index contributed by atoms with van der Waals surface area (Å²) in [6, 6.07) is 11.5. The van der Waals surface area contributed by atoms with Crippen molar-refractivity contribution in [1.82, 2.24) is 15.4 Å². The molecule has 0 saturated carbocycles. The normalized spacial score (nSPS) is 14.9. The van der Waals surface area contributed by atoms with Crippen molar-refractivity contribution >= 4 is 51.1 Å². The minimum absolute atomic E-state index is 0.0292. The number of aliphatic hydroxyl groups is 1. The maximum atomic E-state index is 13.1. The first kappa shape index (κ1) is 37.0. The Balaban J connectivity index is 1.32. The molecule has 13 nitrogen and oxygen atoms in total. The molecule has 1 amide bonds. The second-order valence-electron chi connectivity index (χ2n) is 11.4. The molecule has 3 aromatic rings. The third-order valence-electron chi connectivity index (χ3n) is 7.73. The molecule has 1 aromatic heterocycles. The van der Waals surface area contributed by atoms with E-state index in [2.05, 4.69) is 38.1 Å². The number of phosphoric acid groups is 1. The number of aliphatic hydroxyl groups excluding tert-OH is 1. The van der Waals surface area contributed by atoms with Crippen LogP contribution in [0.1, 0.15) is 42.3 Å². The van der Waals surface area contributed by atoms with Crippen LogP contribution in [0.5, 0.6) is 5.75 Å². The molecule has 1 unspecified atom stereocenters. The molecule has 2 aromatic carbocycles. The lowest BCUT2D eigenvalue weighted by Crippen LogP contribution is -2.50. The number of aromatic nitrogens is 1. The van der Waals surface area contributed by atoms with Crippen LogP contribution < -0.4 is 10.0 Å². The molecule has 48 heavy (non-hydrogen) atoms. The fourth-order valence-electron chi connectivity index (χ4n) is 4.78. The average Bonchev–Trinajstić information content (AvgIpc) is 3.41. The van der Waals surface area contributed by atoms with Gasteiger partial charge in [0.1, 0.15) is 5.75 Å². The summed E-state index contributed by atoms with van der Waals surface area (Å²) in [5.74, 6) is 10.2. The SMILES string of the molecule is CC(CCc1nc2cc(C#CC#CC3CN(CCCO)C3)ccc2s1)(C(=O)NOC(=O)CCc1ccccc1OP(=O)(O)O)S(C)(=O)=O. The highest BCUT2D eigenvalue weighted by Crippen LogP contribution is 2.39. The van der Waals surface area contributed by atoms with Crippen molar-refractivity contribution in [1.29, 1.82) is 0 Å². The van der Waals surface area contributed by atoms with Crippen molar-refractivity contribution in [2.75, 3.05) is 32.5 Å². The number of para-hydroxylation sites is 1. The molecule has 1 aliphatic rings. The topological polar surface area (TPSA) is 193 Å². The van der Waals surface area contributed by atoms with E-state index in [1.165, 1.54) is 36.5 Å². The Hall–Kier alpha value is -3.79. The van der Waals surface area contributed by atoms with E-state index in [1.54, 1.807) is 6.07 Å². The van der Waals surface area contributed by atoms with Gasteiger partial charge in [-0.25, -0.2) is 22.8 Å². The molecule has 0 spiro atoms. The highest BCUT2D eigenvalue weighted by molar-refractivity contribution is 7.92. The molecule has 256 valence electrons. The molecule has 0 aliphatic carbocycles. The van der Waals surface area contributed by atoms with Crippen LogP contribution in [0.3, 0.4) is 0 Å². The van der Waals surface area contributed by atoms with Crippen LogP contribution in [0, 0.1) is 29.6 Å². The zero-order valence-electron chi connectivity index (χ0n) is 26.3. The number of rotatable bonds is 13. The number of nitrogens with one attached hydrogen (secondary N) is 1. The first-order valence-corrected chi connectivity index (χ1v) is 19.2. The fraction of sp³-hybridized carbons (Fsp3) is 0.406. The summed E-state index contributed by atoms with van der Waals surface area (Å²) in [6.45, 7) is 4.06. The van der Waals surface area contributed by atoms with Gasteiger partial charge < -0.3 is 19.4 Å². The number of amides is 1. The molecule has 4 N–H and O–H groups in total. The van der Waals surface area contributed by atoms with Crippen molar-refractivity contribution in [3.05, 3.63) is 58.6 Å². The lowest BCUT2D eigenvalue weighted by molar-refractivity contribution is -0.159. The zero-order chi connectivity index (χ0) is 35.0. The van der Waals surface area contributed by atoms with E-state index < -0.39 is 34.3 Å². The number of hydrogen-bond acceptors (Lipinski definition) is 11. The third-order valence-corrected chi connectivity index (χ3v) is 11.3. The molecule has 4 rings (SSSR count). The minimum Gasteiger partial charge on any atom is -0.404 e. The first-order chi connectivity index (χ1) is 22.7.